The molecule has 0 saturated heterocycles. The number of allylic oxidation sites excluding steroid dienone is 1. The van der Waals surface area contributed by atoms with Crippen LogP contribution in [0.25, 0.3) is 0 Å². The van der Waals surface area contributed by atoms with Gasteiger partial charge in [0.15, 0.2) is 0 Å². The summed E-state index contributed by atoms with van der Waals surface area (Å²) in [6.07, 6.45) is 4.10. The molecule has 0 unspecified atom stereocenters. The van der Waals surface area contributed by atoms with E-state index in [4.69, 9.17) is 0 Å². The van der Waals surface area contributed by atoms with Gasteiger partial charge in [0.1, 0.15) is 0 Å². The molecule has 0 rings (SSSR count). The molecule has 0 aromatic heterocycles. The summed E-state index contributed by atoms with van der Waals surface area (Å²) < 4.78 is 0.821. The summed E-state index contributed by atoms with van der Waals surface area (Å²) in [7, 11) is 0. The summed E-state index contributed by atoms with van der Waals surface area (Å²) in [6, 6.07) is 0. The van der Waals surface area contributed by atoms with Crippen molar-refractivity contribution in [1.82, 2.24) is 0 Å². The van der Waals surface area contributed by atoms with Gasteiger partial charge in [-0.1, -0.05) is 0 Å². The van der Waals surface area contributed by atoms with E-state index in [9.17, 15) is 4.79 Å². The van der Waals surface area contributed by atoms with Crippen molar-refractivity contribution in [2.45, 2.75) is 32.6 Å². The predicted molar refractivity (Wildman–Crippen MR) is 45.4 cm³/mol. The van der Waals surface area contributed by atoms with Gasteiger partial charge in [-0.05, 0) is 0 Å². The first-order valence-corrected chi connectivity index (χ1v) is 5.30. The molecule has 0 atom stereocenters. The first-order valence-electron chi connectivity index (χ1n) is 3.66. The van der Waals surface area contributed by atoms with E-state index in [0.29, 0.717) is 6.42 Å². The van der Waals surface area contributed by atoms with E-state index in [2.05, 4.69) is 13.5 Å². The molecule has 0 aromatic carbocycles. The second kappa shape index (κ2) is 5.95. The van der Waals surface area contributed by atoms with Crippen LogP contribution in [-0.2, 0) is 4.79 Å². The average molecular weight is 245 g/mol. The summed E-state index contributed by atoms with van der Waals surface area (Å²) >= 11 is 0.888. The van der Waals surface area contributed by atoms with E-state index in [-0.39, 0.29) is 5.78 Å². The van der Waals surface area contributed by atoms with E-state index in [1.165, 1.54) is 12.8 Å². The Morgan fingerprint density at radius 1 is 1.50 bits per heavy atom. The fourth-order valence-corrected chi connectivity index (χ4v) is 1.11. The van der Waals surface area contributed by atoms with Crippen LogP contribution in [0.15, 0.2) is 10.2 Å². The molecule has 56 valence electrons. The molecule has 0 amide bonds. The molecule has 0 bridgehead atoms. The molecule has 0 spiro atoms. The van der Waals surface area contributed by atoms with E-state index < -0.39 is 0 Å². The molecule has 0 heterocycles. The predicted octanol–water partition coefficient (Wildman–Crippen LogP) is 1.55. The maximum absolute atomic E-state index is 11.0. The molecule has 2 heteroatoms. The number of carbonyl (C=O) groups is 1. The zero-order chi connectivity index (χ0) is 7.98. The maximum atomic E-state index is 11.0. The second-order valence-electron chi connectivity index (χ2n) is 2.41. The van der Waals surface area contributed by atoms with E-state index >= 15 is 0 Å². The first-order chi connectivity index (χ1) is 4.68. The SMILES string of the molecule is C=[C]([SnH])C(=O)CCCCC. The van der Waals surface area contributed by atoms with Crippen LogP contribution in [0.5, 0.6) is 0 Å². The Morgan fingerprint density at radius 2 is 2.10 bits per heavy atom. The van der Waals surface area contributed by atoms with Gasteiger partial charge < -0.3 is 0 Å². The van der Waals surface area contributed by atoms with Crippen LogP contribution in [0.2, 0.25) is 0 Å². The standard InChI is InChI=1S/C8H13O.Sn.H/c1-3-5-6-7-8(9)4-2;;/h2-3,5-7H2,1H3;;. The molecule has 0 N–H and O–H groups in total. The minimum absolute atomic E-state index is 0.274. The number of hydrogen-bond donors (Lipinski definition) is 0. The fraction of sp³-hybridized carbons (Fsp3) is 0.625. The minimum atomic E-state index is 0.274. The van der Waals surface area contributed by atoms with Crippen LogP contribution >= 0.6 is 0 Å². The van der Waals surface area contributed by atoms with Crippen molar-refractivity contribution in [2.75, 3.05) is 0 Å². The topological polar surface area (TPSA) is 17.1 Å². The summed E-state index contributed by atoms with van der Waals surface area (Å²) in [5, 5.41) is 0. The molecule has 0 aromatic rings. The third-order valence-electron chi connectivity index (χ3n) is 1.37. The quantitative estimate of drug-likeness (QED) is 0.408. The monoisotopic (exact) mass is 246 g/mol. The Morgan fingerprint density at radius 3 is 2.50 bits per heavy atom. The molecular formula is C8H14OSn. The van der Waals surface area contributed by atoms with Crippen LogP contribution in [0.1, 0.15) is 32.6 Å². The van der Waals surface area contributed by atoms with Gasteiger partial charge in [-0.3, -0.25) is 0 Å². The third-order valence-corrected chi connectivity index (χ3v) is 2.28. The number of hydrogen-bond acceptors (Lipinski definition) is 1. The average Bonchev–Trinajstić information content (AvgIpc) is 1.88. The number of rotatable bonds is 5. The number of carbonyl (C=O) groups excluding carboxylic acids is 1. The Labute approximate surface area is 76.0 Å². The molecule has 0 aliphatic rings. The van der Waals surface area contributed by atoms with E-state index in [1.807, 2.05) is 0 Å². The third kappa shape index (κ3) is 5.03. The summed E-state index contributed by atoms with van der Waals surface area (Å²) in [5.74, 6) is 0.274. The zero-order valence-corrected chi connectivity index (χ0v) is 9.82. The number of Topliss-reactive ketones (excluding diaryl/α,β-unsaturated/α-hetero) is 1. The van der Waals surface area contributed by atoms with E-state index in [1.54, 1.807) is 0 Å². The summed E-state index contributed by atoms with van der Waals surface area (Å²) in [5.41, 5.74) is 0. The van der Waals surface area contributed by atoms with Crippen molar-refractivity contribution in [3.05, 3.63) is 10.2 Å². The molecule has 0 aliphatic heterocycles. The molecule has 0 saturated carbocycles. The van der Waals surface area contributed by atoms with Gasteiger partial charge in [0.25, 0.3) is 0 Å². The van der Waals surface area contributed by atoms with Crippen molar-refractivity contribution >= 4 is 28.3 Å². The Balaban J connectivity index is 3.31. The van der Waals surface area contributed by atoms with Crippen LogP contribution in [0.4, 0.5) is 0 Å². The zero-order valence-electron chi connectivity index (χ0n) is 6.52. The van der Waals surface area contributed by atoms with Crippen molar-refractivity contribution < 1.29 is 4.79 Å². The summed E-state index contributed by atoms with van der Waals surface area (Å²) in [6.45, 7) is 5.78. The van der Waals surface area contributed by atoms with Gasteiger partial charge in [0.05, 0.1) is 0 Å². The molecule has 0 fully saturated rings. The van der Waals surface area contributed by atoms with Gasteiger partial charge >= 0.3 is 75.9 Å². The Bertz CT molecular complexity index is 129. The van der Waals surface area contributed by atoms with E-state index in [0.717, 1.165) is 32.5 Å². The number of unbranched alkanes of at least 4 members (excludes halogenated alkanes) is 2. The molecular weight excluding hydrogens is 231 g/mol. The van der Waals surface area contributed by atoms with Gasteiger partial charge in [-0.15, -0.1) is 0 Å². The fourth-order valence-electron chi connectivity index (χ4n) is 0.696. The van der Waals surface area contributed by atoms with Crippen molar-refractivity contribution in [3.63, 3.8) is 0 Å². The van der Waals surface area contributed by atoms with Gasteiger partial charge in [-0.25, -0.2) is 0 Å². The van der Waals surface area contributed by atoms with Gasteiger partial charge in [-0.2, -0.15) is 0 Å². The van der Waals surface area contributed by atoms with Crippen molar-refractivity contribution in [1.29, 1.82) is 0 Å². The normalized spacial score (nSPS) is 9.40. The van der Waals surface area contributed by atoms with Crippen LogP contribution in [0, 0.1) is 0 Å². The molecule has 1 nitrogen and oxygen atoms in total. The first kappa shape index (κ1) is 10.2. The van der Waals surface area contributed by atoms with Crippen LogP contribution in [0.3, 0.4) is 0 Å². The van der Waals surface area contributed by atoms with Crippen LogP contribution < -0.4 is 0 Å². The number of ketones is 1. The van der Waals surface area contributed by atoms with Crippen LogP contribution in [-0.4, -0.2) is 28.3 Å². The molecule has 0 aliphatic carbocycles. The van der Waals surface area contributed by atoms with Gasteiger partial charge in [0.2, 0.25) is 0 Å². The Hall–Kier alpha value is 0.209. The van der Waals surface area contributed by atoms with Crippen molar-refractivity contribution in [3.8, 4) is 0 Å². The van der Waals surface area contributed by atoms with Crippen molar-refractivity contribution in [2.24, 2.45) is 0 Å². The second-order valence-corrected chi connectivity index (χ2v) is 4.39. The Kier molecular flexibility index (Phi) is 6.08. The summed E-state index contributed by atoms with van der Waals surface area (Å²) in [4.78, 5) is 11.0. The molecule has 10 heavy (non-hydrogen) atoms. The molecule has 2 radical (unpaired) electrons. The van der Waals surface area contributed by atoms with Gasteiger partial charge in [0, 0.05) is 0 Å².